The van der Waals surface area contributed by atoms with E-state index in [0.29, 0.717) is 6.42 Å². The molecule has 2 atom stereocenters. The summed E-state index contributed by atoms with van der Waals surface area (Å²) in [6, 6.07) is 12.9. The quantitative estimate of drug-likeness (QED) is 0.547. The smallest absolute Gasteiger partial charge is 0.298 e. The molecule has 0 radical (unpaired) electrons. The lowest BCUT2D eigenvalue weighted by Gasteiger charge is -2.27. The lowest BCUT2D eigenvalue weighted by molar-refractivity contribution is -0.160. The van der Waals surface area contributed by atoms with Crippen molar-refractivity contribution >= 4 is 17.4 Å². The summed E-state index contributed by atoms with van der Waals surface area (Å²) in [6.45, 7) is 3.78. The Morgan fingerprint density at radius 2 is 1.56 bits per heavy atom. The largest absolute Gasteiger partial charge is 0.407 e. The van der Waals surface area contributed by atoms with Gasteiger partial charge >= 0.3 is 17.7 Å². The lowest BCUT2D eigenvalue weighted by Crippen LogP contribution is -2.44. The van der Waals surface area contributed by atoms with Crippen molar-refractivity contribution in [1.82, 2.24) is 5.32 Å². The number of nitrogens with one attached hydrogen (secondary N) is 1. The molecule has 2 aromatic rings. The Labute approximate surface area is 189 Å². The minimum Gasteiger partial charge on any atom is -0.298 e. The first-order valence-electron chi connectivity index (χ1n) is 9.99. The van der Waals surface area contributed by atoms with E-state index in [9.17, 15) is 18.0 Å². The number of aryl methyl sites for hydroxylation is 1. The van der Waals surface area contributed by atoms with Gasteiger partial charge in [-0.1, -0.05) is 67.4 Å². The molecule has 1 N–H and O–H groups in total. The second-order valence-corrected chi connectivity index (χ2v) is 7.30. The first-order chi connectivity index (χ1) is 15.2. The number of alkyl halides is 3. The predicted molar refractivity (Wildman–Crippen MR) is 116 cm³/mol. The fourth-order valence-electron chi connectivity index (χ4n) is 3.17. The van der Waals surface area contributed by atoms with Gasteiger partial charge in [-0.2, -0.15) is 26.9 Å². The molecule has 0 saturated carbocycles. The van der Waals surface area contributed by atoms with Gasteiger partial charge < -0.3 is 0 Å². The maximum atomic E-state index is 13.8. The molecule has 0 aliphatic carbocycles. The van der Waals surface area contributed by atoms with Crippen LogP contribution in [0.2, 0.25) is 0 Å². The zero-order valence-electron chi connectivity index (χ0n) is 17.8. The molecule has 0 heterocycles. The van der Waals surface area contributed by atoms with Gasteiger partial charge in [-0.25, -0.2) is 0 Å². The fourth-order valence-corrected chi connectivity index (χ4v) is 3.17. The van der Waals surface area contributed by atoms with Crippen LogP contribution < -0.4 is 5.32 Å². The number of halogens is 3. The second kappa shape index (κ2) is 13.6. The Bertz CT molecular complexity index is 933. The summed E-state index contributed by atoms with van der Waals surface area (Å²) >= 11 is -0.750. The summed E-state index contributed by atoms with van der Waals surface area (Å²) in [6.07, 6.45) is -3.74. The van der Waals surface area contributed by atoms with E-state index in [1.807, 2.05) is 44.2 Å². The number of carbonyl (C=O) groups is 1. The highest BCUT2D eigenvalue weighted by Gasteiger charge is 2.42. The van der Waals surface area contributed by atoms with Crippen LogP contribution in [0.1, 0.15) is 49.8 Å². The van der Waals surface area contributed by atoms with Gasteiger partial charge in [0.1, 0.15) is 6.04 Å². The Morgan fingerprint density at radius 3 is 2.00 bits per heavy atom. The average molecular weight is 467 g/mol. The van der Waals surface area contributed by atoms with E-state index < -0.39 is 29.8 Å². The van der Waals surface area contributed by atoms with Crippen LogP contribution in [0.3, 0.4) is 0 Å². The standard InChI is InChI=1S/C23H25F3N2O.O2S/c1-3-5-20(21(29)6-4-15-27)28-22(23(24,25)26)19-13-11-18(12-14-19)17-9-7-16(2)8-10-17;1-3-2/h7-14,20,22,28H,3-6H2,1-2H3;/t20-,22+;/m0./s1. The zero-order valence-corrected chi connectivity index (χ0v) is 18.6. The summed E-state index contributed by atoms with van der Waals surface area (Å²) in [5.41, 5.74) is 2.91. The van der Waals surface area contributed by atoms with E-state index in [1.165, 1.54) is 12.1 Å². The zero-order chi connectivity index (χ0) is 24.1. The summed E-state index contributed by atoms with van der Waals surface area (Å²) < 4.78 is 57.9. The predicted octanol–water partition coefficient (Wildman–Crippen LogP) is 5.23. The van der Waals surface area contributed by atoms with Crippen molar-refractivity contribution in [2.24, 2.45) is 0 Å². The van der Waals surface area contributed by atoms with Crippen LogP contribution in [0.15, 0.2) is 48.5 Å². The Morgan fingerprint density at radius 1 is 1.06 bits per heavy atom. The van der Waals surface area contributed by atoms with Gasteiger partial charge in [0.25, 0.3) is 0 Å². The number of ketones is 1. The molecule has 0 aromatic heterocycles. The van der Waals surface area contributed by atoms with Crippen LogP contribution in [-0.2, 0) is 16.4 Å². The molecule has 0 aliphatic rings. The van der Waals surface area contributed by atoms with Crippen molar-refractivity contribution in [1.29, 1.82) is 5.26 Å². The number of carbonyl (C=O) groups excluding carboxylic acids is 1. The minimum absolute atomic E-state index is 0.00264. The topological polar surface area (TPSA) is 87.0 Å². The maximum absolute atomic E-state index is 13.8. The monoisotopic (exact) mass is 466 g/mol. The molecule has 2 aromatic carbocycles. The molecule has 5 nitrogen and oxygen atoms in total. The first-order valence-corrected chi connectivity index (χ1v) is 10.7. The van der Waals surface area contributed by atoms with Crippen LogP contribution in [0.5, 0.6) is 0 Å². The van der Waals surface area contributed by atoms with Gasteiger partial charge in [0.2, 0.25) is 0 Å². The van der Waals surface area contributed by atoms with Crippen LogP contribution in [0.4, 0.5) is 13.2 Å². The molecule has 9 heteroatoms. The molecule has 0 unspecified atom stereocenters. The molecular formula is C23H25F3N2O3S. The number of hydrogen-bond donors (Lipinski definition) is 1. The molecule has 0 spiro atoms. The Hall–Kier alpha value is -2.83. The molecule has 0 bridgehead atoms. The molecule has 32 heavy (non-hydrogen) atoms. The van der Waals surface area contributed by atoms with Gasteiger partial charge in [0.05, 0.1) is 12.1 Å². The third-order valence-corrected chi connectivity index (χ3v) is 4.77. The van der Waals surface area contributed by atoms with Crippen molar-refractivity contribution in [2.45, 2.75) is 57.8 Å². The first kappa shape index (κ1) is 27.2. The molecule has 0 amide bonds. The lowest BCUT2D eigenvalue weighted by atomic mass is 9.97. The normalized spacial score (nSPS) is 12.6. The number of benzene rings is 2. The van der Waals surface area contributed by atoms with Crippen LogP contribution in [-0.4, -0.2) is 26.4 Å². The van der Waals surface area contributed by atoms with Crippen molar-refractivity contribution in [3.8, 4) is 17.2 Å². The molecular weight excluding hydrogens is 441 g/mol. The third kappa shape index (κ3) is 8.73. The number of nitriles is 1. The Balaban J connectivity index is 0.00000161. The van der Waals surface area contributed by atoms with E-state index in [-0.39, 0.29) is 30.6 Å². The van der Waals surface area contributed by atoms with Crippen LogP contribution in [0, 0.1) is 18.3 Å². The second-order valence-electron chi connectivity index (χ2n) is 7.16. The van der Waals surface area contributed by atoms with Gasteiger partial charge in [-0.3, -0.25) is 10.1 Å². The third-order valence-electron chi connectivity index (χ3n) is 4.77. The minimum atomic E-state index is -4.55. The van der Waals surface area contributed by atoms with Crippen molar-refractivity contribution < 1.29 is 26.4 Å². The SMILES string of the molecule is CCC[C@H](N[C@H](c1ccc(-c2ccc(C)cc2)cc1)C(F)(F)F)C(=O)CCC#N.O=S=O. The van der Waals surface area contributed by atoms with Crippen molar-refractivity contribution in [2.75, 3.05) is 0 Å². The van der Waals surface area contributed by atoms with Crippen LogP contribution in [0.25, 0.3) is 11.1 Å². The summed E-state index contributed by atoms with van der Waals surface area (Å²) in [4.78, 5) is 12.3. The average Bonchev–Trinajstić information content (AvgIpc) is 2.75. The highest BCUT2D eigenvalue weighted by atomic mass is 32.1. The van der Waals surface area contributed by atoms with Crippen LogP contribution >= 0.6 is 0 Å². The number of nitrogens with zero attached hydrogens (tertiary/aromatic N) is 1. The van der Waals surface area contributed by atoms with Gasteiger partial charge in [0, 0.05) is 12.8 Å². The molecule has 0 aliphatic heterocycles. The maximum Gasteiger partial charge on any atom is 0.407 e. The van der Waals surface area contributed by atoms with Gasteiger partial charge in [0.15, 0.2) is 5.78 Å². The van der Waals surface area contributed by atoms with Gasteiger partial charge in [-0.15, -0.1) is 0 Å². The van der Waals surface area contributed by atoms with Crippen molar-refractivity contribution in [3.05, 3.63) is 59.7 Å². The fraction of sp³-hybridized carbons (Fsp3) is 0.391. The van der Waals surface area contributed by atoms with Gasteiger partial charge in [-0.05, 0) is 30.0 Å². The van der Waals surface area contributed by atoms with Crippen molar-refractivity contribution in [3.63, 3.8) is 0 Å². The highest BCUT2D eigenvalue weighted by molar-refractivity contribution is 7.51. The highest BCUT2D eigenvalue weighted by Crippen LogP contribution is 2.34. The van der Waals surface area contributed by atoms with E-state index in [2.05, 4.69) is 5.32 Å². The number of rotatable bonds is 9. The van der Waals surface area contributed by atoms with E-state index >= 15 is 0 Å². The number of hydrogen-bond acceptors (Lipinski definition) is 5. The molecule has 0 fully saturated rings. The summed E-state index contributed by atoms with van der Waals surface area (Å²) in [5.74, 6) is -0.362. The van der Waals surface area contributed by atoms with E-state index in [0.717, 1.165) is 16.7 Å². The number of Topliss-reactive ketones (excluding diaryl/α,β-unsaturated/α-hetero) is 1. The molecule has 0 saturated heterocycles. The van der Waals surface area contributed by atoms with E-state index in [4.69, 9.17) is 13.7 Å². The molecule has 2 rings (SSSR count). The summed E-state index contributed by atoms with van der Waals surface area (Å²) in [5, 5.41) is 11.2. The van der Waals surface area contributed by atoms with E-state index in [1.54, 1.807) is 12.1 Å². The Kier molecular flexibility index (Phi) is 11.5. The summed E-state index contributed by atoms with van der Waals surface area (Å²) in [7, 11) is 0. The molecule has 172 valence electrons.